The van der Waals surface area contributed by atoms with Crippen LogP contribution < -0.4 is 19.1 Å². The maximum Gasteiger partial charge on any atom is 0.253 e. The van der Waals surface area contributed by atoms with Gasteiger partial charge in [-0.15, -0.1) is 5.10 Å². The number of hydrogen-bond acceptors (Lipinski definition) is 9. The molecule has 1 saturated heterocycles. The van der Waals surface area contributed by atoms with Crippen molar-refractivity contribution in [2.45, 2.75) is 12.5 Å². The van der Waals surface area contributed by atoms with Gasteiger partial charge in [0.15, 0.2) is 17.3 Å². The van der Waals surface area contributed by atoms with E-state index in [2.05, 4.69) is 44.5 Å². The molecule has 7 rings (SSSR count). The van der Waals surface area contributed by atoms with Crippen molar-refractivity contribution in [1.82, 2.24) is 30.0 Å². The number of para-hydroxylation sites is 1. The SMILES string of the molecule is COc1c2c(cc3c1[C@@H](c1nnnn1-c1ccc(C(=O)N4CCN(c5ccccc5)CC4)cc1)N(C)CC3)OCO2. The Kier molecular flexibility index (Phi) is 6.43. The summed E-state index contributed by atoms with van der Waals surface area (Å²) in [6.07, 6.45) is 0.841. The van der Waals surface area contributed by atoms with Crippen LogP contribution in [0.25, 0.3) is 5.69 Å². The number of hydrogen-bond donors (Lipinski definition) is 0. The van der Waals surface area contributed by atoms with E-state index in [1.165, 1.54) is 5.69 Å². The molecule has 1 atom stereocenters. The number of carbonyl (C=O) groups is 1. The van der Waals surface area contributed by atoms with E-state index in [0.29, 0.717) is 41.7 Å². The summed E-state index contributed by atoms with van der Waals surface area (Å²) in [5, 5.41) is 12.8. The number of fused-ring (bicyclic) bond motifs is 2. The lowest BCUT2D eigenvalue weighted by molar-refractivity contribution is 0.0747. The zero-order valence-corrected chi connectivity index (χ0v) is 23.1. The molecule has 41 heavy (non-hydrogen) atoms. The van der Waals surface area contributed by atoms with Crippen molar-refractivity contribution in [3.8, 4) is 22.9 Å². The first-order valence-electron chi connectivity index (χ1n) is 13.8. The maximum absolute atomic E-state index is 13.3. The zero-order valence-electron chi connectivity index (χ0n) is 23.1. The number of carbonyl (C=O) groups excluding carboxylic acids is 1. The number of ether oxygens (including phenoxy) is 3. The molecule has 11 nitrogen and oxygen atoms in total. The summed E-state index contributed by atoms with van der Waals surface area (Å²) in [5.41, 5.74) is 4.71. The van der Waals surface area contributed by atoms with E-state index in [4.69, 9.17) is 14.2 Å². The highest BCUT2D eigenvalue weighted by Crippen LogP contribution is 2.50. The lowest BCUT2D eigenvalue weighted by Gasteiger charge is -2.36. The number of likely N-dealkylation sites (N-methyl/N-ethyl adjacent to an activating group) is 1. The Hall–Kier alpha value is -4.64. The average Bonchev–Trinajstić information content (AvgIpc) is 3.70. The fourth-order valence-electron chi connectivity index (χ4n) is 6.04. The predicted molar refractivity (Wildman–Crippen MR) is 151 cm³/mol. The lowest BCUT2D eigenvalue weighted by Crippen LogP contribution is -2.48. The minimum Gasteiger partial charge on any atom is -0.492 e. The minimum absolute atomic E-state index is 0.0305. The molecule has 4 aromatic rings. The van der Waals surface area contributed by atoms with Crippen molar-refractivity contribution < 1.29 is 19.0 Å². The molecule has 4 heterocycles. The molecule has 11 heteroatoms. The molecule has 1 fully saturated rings. The molecule has 3 aliphatic rings. The number of rotatable bonds is 5. The molecule has 1 amide bonds. The van der Waals surface area contributed by atoms with Gasteiger partial charge in [0.1, 0.15) is 6.04 Å². The molecule has 0 N–H and O–H groups in total. The number of tetrazole rings is 1. The van der Waals surface area contributed by atoms with Gasteiger partial charge in [-0.1, -0.05) is 18.2 Å². The Balaban J connectivity index is 1.13. The Labute approximate surface area is 237 Å². The minimum atomic E-state index is -0.264. The van der Waals surface area contributed by atoms with Gasteiger partial charge >= 0.3 is 0 Å². The summed E-state index contributed by atoms with van der Waals surface area (Å²) in [7, 11) is 3.69. The lowest BCUT2D eigenvalue weighted by atomic mass is 9.90. The van der Waals surface area contributed by atoms with Gasteiger partial charge < -0.3 is 24.0 Å². The average molecular weight is 554 g/mol. The fourth-order valence-corrected chi connectivity index (χ4v) is 6.04. The van der Waals surface area contributed by atoms with E-state index in [-0.39, 0.29) is 18.7 Å². The van der Waals surface area contributed by atoms with Crippen LogP contribution >= 0.6 is 0 Å². The first-order chi connectivity index (χ1) is 20.1. The molecule has 1 aromatic heterocycles. The van der Waals surface area contributed by atoms with Crippen LogP contribution in [-0.2, 0) is 6.42 Å². The number of methoxy groups -OCH3 is 1. The quantitative estimate of drug-likeness (QED) is 0.370. The highest BCUT2D eigenvalue weighted by Gasteiger charge is 2.37. The first-order valence-corrected chi connectivity index (χ1v) is 13.8. The van der Waals surface area contributed by atoms with Crippen LogP contribution in [0.5, 0.6) is 17.2 Å². The van der Waals surface area contributed by atoms with Crippen LogP contribution in [0.15, 0.2) is 60.7 Å². The molecule has 3 aliphatic heterocycles. The number of piperazine rings is 1. The van der Waals surface area contributed by atoms with Crippen molar-refractivity contribution in [3.05, 3.63) is 83.2 Å². The van der Waals surface area contributed by atoms with Gasteiger partial charge in [-0.05, 0) is 71.9 Å². The van der Waals surface area contributed by atoms with E-state index >= 15 is 0 Å². The predicted octanol–water partition coefficient (Wildman–Crippen LogP) is 2.94. The molecule has 0 bridgehead atoms. The standard InChI is InChI=1S/C30H31N7O4/c1-34-13-12-21-18-24-27(41-19-40-24)28(39-2)25(21)26(34)29-31-32-33-37(29)23-10-8-20(9-11-23)30(38)36-16-14-35(15-17-36)22-6-4-3-5-7-22/h3-11,18,26H,12-17,19H2,1-2H3/t26-/m0/s1. The second kappa shape index (κ2) is 10.4. The summed E-state index contributed by atoms with van der Waals surface area (Å²) >= 11 is 0. The van der Waals surface area contributed by atoms with E-state index in [0.717, 1.165) is 42.9 Å². The first kappa shape index (κ1) is 25.3. The van der Waals surface area contributed by atoms with Gasteiger partial charge in [-0.3, -0.25) is 9.69 Å². The van der Waals surface area contributed by atoms with Crippen LogP contribution in [0.4, 0.5) is 5.69 Å². The Morgan fingerprint density at radius 3 is 2.49 bits per heavy atom. The number of benzene rings is 3. The van der Waals surface area contributed by atoms with Gasteiger partial charge in [0, 0.05) is 49.5 Å². The monoisotopic (exact) mass is 553 g/mol. The summed E-state index contributed by atoms with van der Waals surface area (Å²) in [6, 6.07) is 19.6. The van der Waals surface area contributed by atoms with Crippen LogP contribution in [0.2, 0.25) is 0 Å². The number of amides is 1. The topological polar surface area (TPSA) is 98.1 Å². The Morgan fingerprint density at radius 2 is 1.73 bits per heavy atom. The number of anilines is 1. The van der Waals surface area contributed by atoms with Gasteiger partial charge in [0.25, 0.3) is 5.91 Å². The van der Waals surface area contributed by atoms with E-state index in [1.54, 1.807) is 11.8 Å². The van der Waals surface area contributed by atoms with Crippen LogP contribution in [-0.4, -0.2) is 89.6 Å². The largest absolute Gasteiger partial charge is 0.492 e. The smallest absolute Gasteiger partial charge is 0.253 e. The molecule has 0 unspecified atom stereocenters. The van der Waals surface area contributed by atoms with Crippen molar-refractivity contribution in [2.75, 3.05) is 58.6 Å². The van der Waals surface area contributed by atoms with Crippen molar-refractivity contribution in [3.63, 3.8) is 0 Å². The van der Waals surface area contributed by atoms with Gasteiger partial charge in [-0.25, -0.2) is 0 Å². The molecule has 3 aromatic carbocycles. The Morgan fingerprint density at radius 1 is 0.951 bits per heavy atom. The van der Waals surface area contributed by atoms with Crippen LogP contribution in [0.1, 0.15) is 33.4 Å². The second-order valence-corrected chi connectivity index (χ2v) is 10.5. The molecule has 0 saturated carbocycles. The number of aromatic nitrogens is 4. The molecular formula is C30H31N7O4. The van der Waals surface area contributed by atoms with Gasteiger partial charge in [0.2, 0.25) is 12.5 Å². The molecule has 0 radical (unpaired) electrons. The zero-order chi connectivity index (χ0) is 27.9. The Bertz CT molecular complexity index is 1570. The van der Waals surface area contributed by atoms with Gasteiger partial charge in [-0.2, -0.15) is 4.68 Å². The summed E-state index contributed by atoms with van der Waals surface area (Å²) in [6.45, 7) is 3.96. The number of nitrogens with zero attached hydrogens (tertiary/aromatic N) is 7. The summed E-state index contributed by atoms with van der Waals surface area (Å²) in [5.74, 6) is 2.64. The van der Waals surface area contributed by atoms with E-state index < -0.39 is 0 Å². The highest BCUT2D eigenvalue weighted by atomic mass is 16.7. The highest BCUT2D eigenvalue weighted by molar-refractivity contribution is 5.94. The van der Waals surface area contributed by atoms with Crippen LogP contribution in [0, 0.1) is 0 Å². The maximum atomic E-state index is 13.3. The summed E-state index contributed by atoms with van der Waals surface area (Å²) in [4.78, 5) is 19.8. The third-order valence-electron chi connectivity index (χ3n) is 8.18. The fraction of sp³-hybridized carbons (Fsp3) is 0.333. The third-order valence-corrected chi connectivity index (χ3v) is 8.18. The van der Waals surface area contributed by atoms with Crippen LogP contribution in [0.3, 0.4) is 0 Å². The third kappa shape index (κ3) is 4.42. The second-order valence-electron chi connectivity index (χ2n) is 10.5. The molecular weight excluding hydrogens is 522 g/mol. The van der Waals surface area contributed by atoms with E-state index in [1.807, 2.05) is 53.4 Å². The van der Waals surface area contributed by atoms with Crippen molar-refractivity contribution in [2.24, 2.45) is 0 Å². The normalized spacial score (nSPS) is 18.3. The van der Waals surface area contributed by atoms with Crippen molar-refractivity contribution in [1.29, 1.82) is 0 Å². The molecule has 210 valence electrons. The van der Waals surface area contributed by atoms with Gasteiger partial charge in [0.05, 0.1) is 12.8 Å². The van der Waals surface area contributed by atoms with Crippen molar-refractivity contribution >= 4 is 11.6 Å². The summed E-state index contributed by atoms with van der Waals surface area (Å²) < 4.78 is 19.0. The molecule has 0 spiro atoms. The molecule has 0 aliphatic carbocycles. The van der Waals surface area contributed by atoms with E-state index in [9.17, 15) is 4.79 Å².